The van der Waals surface area contributed by atoms with Crippen LogP contribution in [0.1, 0.15) is 37.0 Å². The van der Waals surface area contributed by atoms with Crippen LogP contribution in [0.3, 0.4) is 0 Å². The summed E-state index contributed by atoms with van der Waals surface area (Å²) in [6.07, 6.45) is 1.57. The molecule has 2 aromatic carbocycles. The molecule has 0 aromatic heterocycles. The van der Waals surface area contributed by atoms with Gasteiger partial charge in [0.1, 0.15) is 12.3 Å². The standard InChI is InChI=1S/C25H29N3O7S/c1-3-34-25(31)18-5-4-6-19(13-18)26-23(29)15-28-21-14-20(7-8-22(21)35-16-24(28)30)36(32,33)27-11-9-17(2)10-12-27/h4-8,13-14,17H,3,9-12,15-16H2,1-2H3,(H,26,29). The van der Waals surface area contributed by atoms with E-state index in [1.54, 1.807) is 25.1 Å². The number of sulfonamides is 1. The van der Waals surface area contributed by atoms with E-state index >= 15 is 0 Å². The Kier molecular flexibility index (Phi) is 7.60. The van der Waals surface area contributed by atoms with E-state index in [1.807, 2.05) is 0 Å². The van der Waals surface area contributed by atoms with E-state index in [-0.39, 0.29) is 35.9 Å². The van der Waals surface area contributed by atoms with Crippen LogP contribution in [0, 0.1) is 5.92 Å². The molecule has 0 aliphatic carbocycles. The van der Waals surface area contributed by atoms with Gasteiger partial charge in [-0.2, -0.15) is 4.31 Å². The number of carbonyl (C=O) groups is 3. The monoisotopic (exact) mass is 515 g/mol. The van der Waals surface area contributed by atoms with Gasteiger partial charge in [0.05, 0.1) is 22.8 Å². The maximum atomic E-state index is 13.2. The average molecular weight is 516 g/mol. The largest absolute Gasteiger partial charge is 0.482 e. The fraction of sp³-hybridized carbons (Fsp3) is 0.400. The van der Waals surface area contributed by atoms with Crippen LogP contribution in [-0.2, 0) is 24.3 Å². The van der Waals surface area contributed by atoms with Crippen molar-refractivity contribution in [2.75, 3.05) is 43.1 Å². The molecule has 2 heterocycles. The zero-order valence-electron chi connectivity index (χ0n) is 20.2. The maximum absolute atomic E-state index is 13.2. The van der Waals surface area contributed by atoms with Gasteiger partial charge >= 0.3 is 5.97 Å². The van der Waals surface area contributed by atoms with Crippen LogP contribution in [0.15, 0.2) is 47.4 Å². The fourth-order valence-corrected chi connectivity index (χ4v) is 5.66. The molecule has 0 saturated carbocycles. The second-order valence-electron chi connectivity index (χ2n) is 8.83. The number of esters is 1. The van der Waals surface area contributed by atoms with Crippen molar-refractivity contribution in [3.05, 3.63) is 48.0 Å². The van der Waals surface area contributed by atoms with Crippen molar-refractivity contribution in [2.45, 2.75) is 31.6 Å². The van der Waals surface area contributed by atoms with Gasteiger partial charge in [-0.15, -0.1) is 0 Å². The topological polar surface area (TPSA) is 122 Å². The highest BCUT2D eigenvalue weighted by Crippen LogP contribution is 2.35. The molecule has 4 rings (SSSR count). The lowest BCUT2D eigenvalue weighted by Crippen LogP contribution is -2.43. The minimum Gasteiger partial charge on any atom is -0.482 e. The molecular formula is C25H29N3O7S. The molecule has 2 aromatic rings. The zero-order valence-corrected chi connectivity index (χ0v) is 21.0. The number of carbonyl (C=O) groups excluding carboxylic acids is 3. The highest BCUT2D eigenvalue weighted by molar-refractivity contribution is 7.89. The molecule has 11 heteroatoms. The van der Waals surface area contributed by atoms with Gasteiger partial charge in [-0.05, 0) is 62.1 Å². The smallest absolute Gasteiger partial charge is 0.338 e. The number of hydrogen-bond donors (Lipinski definition) is 1. The van der Waals surface area contributed by atoms with Crippen LogP contribution >= 0.6 is 0 Å². The molecule has 10 nitrogen and oxygen atoms in total. The molecule has 2 amide bonds. The third-order valence-electron chi connectivity index (χ3n) is 6.21. The van der Waals surface area contributed by atoms with E-state index in [0.717, 1.165) is 12.8 Å². The molecule has 1 fully saturated rings. The molecule has 1 saturated heterocycles. The molecule has 0 unspecified atom stereocenters. The van der Waals surface area contributed by atoms with Gasteiger partial charge in [0.15, 0.2) is 6.61 Å². The minimum atomic E-state index is -3.76. The molecule has 0 atom stereocenters. The Balaban J connectivity index is 1.53. The van der Waals surface area contributed by atoms with Crippen molar-refractivity contribution in [3.63, 3.8) is 0 Å². The number of amides is 2. The van der Waals surface area contributed by atoms with Crippen molar-refractivity contribution >= 4 is 39.2 Å². The van der Waals surface area contributed by atoms with Gasteiger partial charge in [-0.25, -0.2) is 13.2 Å². The molecular weight excluding hydrogens is 486 g/mol. The summed E-state index contributed by atoms with van der Waals surface area (Å²) < 4.78 is 38.4. The Hall–Kier alpha value is -3.44. The second kappa shape index (κ2) is 10.7. The number of ether oxygens (including phenoxy) is 2. The van der Waals surface area contributed by atoms with Crippen LogP contribution in [0.25, 0.3) is 0 Å². The van der Waals surface area contributed by atoms with Crippen molar-refractivity contribution in [1.29, 1.82) is 0 Å². The first-order chi connectivity index (χ1) is 17.2. The third-order valence-corrected chi connectivity index (χ3v) is 8.11. The third kappa shape index (κ3) is 5.52. The second-order valence-corrected chi connectivity index (χ2v) is 10.8. The van der Waals surface area contributed by atoms with Crippen molar-refractivity contribution in [2.24, 2.45) is 5.92 Å². The number of nitrogens with one attached hydrogen (secondary N) is 1. The van der Waals surface area contributed by atoms with Crippen LogP contribution in [0.5, 0.6) is 5.75 Å². The first-order valence-electron chi connectivity index (χ1n) is 11.8. The summed E-state index contributed by atoms with van der Waals surface area (Å²) >= 11 is 0. The van der Waals surface area contributed by atoms with Gasteiger partial charge in [0.25, 0.3) is 5.91 Å². The van der Waals surface area contributed by atoms with Crippen LogP contribution in [-0.4, -0.2) is 63.4 Å². The quantitative estimate of drug-likeness (QED) is 0.563. The summed E-state index contributed by atoms with van der Waals surface area (Å²) in [6, 6.07) is 10.6. The molecule has 0 radical (unpaired) electrons. The van der Waals surface area contributed by atoms with E-state index in [4.69, 9.17) is 9.47 Å². The predicted molar refractivity (Wildman–Crippen MR) is 132 cm³/mol. The first-order valence-corrected chi connectivity index (χ1v) is 13.3. The molecule has 0 spiro atoms. The van der Waals surface area contributed by atoms with Gasteiger partial charge in [-0.1, -0.05) is 13.0 Å². The molecule has 2 aliphatic rings. The van der Waals surface area contributed by atoms with Crippen LogP contribution in [0.2, 0.25) is 0 Å². The number of benzene rings is 2. The predicted octanol–water partition coefficient (Wildman–Crippen LogP) is 2.65. The van der Waals surface area contributed by atoms with Gasteiger partial charge in [0, 0.05) is 18.8 Å². The number of hydrogen-bond acceptors (Lipinski definition) is 7. The SMILES string of the molecule is CCOC(=O)c1cccc(NC(=O)CN2C(=O)COc3ccc(S(=O)(=O)N4CCC(C)CC4)cc32)c1. The number of fused-ring (bicyclic) bond motifs is 1. The fourth-order valence-electron chi connectivity index (χ4n) is 4.17. The Morgan fingerprint density at radius 1 is 1.14 bits per heavy atom. The van der Waals surface area contributed by atoms with E-state index in [9.17, 15) is 22.8 Å². The summed E-state index contributed by atoms with van der Waals surface area (Å²) in [5.41, 5.74) is 0.861. The molecule has 0 bridgehead atoms. The van der Waals surface area contributed by atoms with E-state index in [2.05, 4.69) is 12.2 Å². The highest BCUT2D eigenvalue weighted by Gasteiger charge is 2.32. The summed E-state index contributed by atoms with van der Waals surface area (Å²) in [6.45, 7) is 4.27. The Morgan fingerprint density at radius 3 is 2.61 bits per heavy atom. The molecule has 2 aliphatic heterocycles. The highest BCUT2D eigenvalue weighted by atomic mass is 32.2. The lowest BCUT2D eigenvalue weighted by Gasteiger charge is -2.31. The van der Waals surface area contributed by atoms with Crippen molar-refractivity contribution in [1.82, 2.24) is 4.31 Å². The number of nitrogens with zero attached hydrogens (tertiary/aromatic N) is 2. The lowest BCUT2D eigenvalue weighted by atomic mass is 10.0. The normalized spacial score (nSPS) is 16.7. The van der Waals surface area contributed by atoms with E-state index < -0.39 is 27.8 Å². The lowest BCUT2D eigenvalue weighted by molar-refractivity contribution is -0.123. The summed E-state index contributed by atoms with van der Waals surface area (Å²) in [5, 5.41) is 2.67. The summed E-state index contributed by atoms with van der Waals surface area (Å²) in [4.78, 5) is 38.7. The Labute approximate surface area is 210 Å². The van der Waals surface area contributed by atoms with Crippen LogP contribution in [0.4, 0.5) is 11.4 Å². The zero-order chi connectivity index (χ0) is 25.9. The number of rotatable bonds is 7. The van der Waals surface area contributed by atoms with Gasteiger partial charge in [-0.3, -0.25) is 14.5 Å². The van der Waals surface area contributed by atoms with E-state index in [0.29, 0.717) is 30.4 Å². The van der Waals surface area contributed by atoms with Crippen molar-refractivity contribution in [3.8, 4) is 5.75 Å². The van der Waals surface area contributed by atoms with Gasteiger partial charge < -0.3 is 14.8 Å². The van der Waals surface area contributed by atoms with Gasteiger partial charge in [0.2, 0.25) is 15.9 Å². The summed E-state index contributed by atoms with van der Waals surface area (Å²) in [5.74, 6) is -0.714. The number of anilines is 2. The Morgan fingerprint density at radius 2 is 1.89 bits per heavy atom. The molecule has 192 valence electrons. The maximum Gasteiger partial charge on any atom is 0.338 e. The Bertz CT molecular complexity index is 1270. The van der Waals surface area contributed by atoms with Crippen molar-refractivity contribution < 1.29 is 32.3 Å². The van der Waals surface area contributed by atoms with E-state index in [1.165, 1.54) is 33.5 Å². The summed E-state index contributed by atoms with van der Waals surface area (Å²) in [7, 11) is -3.76. The minimum absolute atomic E-state index is 0.0432. The average Bonchev–Trinajstić information content (AvgIpc) is 2.86. The molecule has 1 N–H and O–H groups in total. The number of piperidine rings is 1. The van der Waals surface area contributed by atoms with Crippen LogP contribution < -0.4 is 15.0 Å². The molecule has 36 heavy (non-hydrogen) atoms. The first kappa shape index (κ1) is 25.6.